The molecule has 0 bridgehead atoms. The summed E-state index contributed by atoms with van der Waals surface area (Å²) in [5.41, 5.74) is 0. The highest BCUT2D eigenvalue weighted by Gasteiger charge is 2.05. The Kier molecular flexibility index (Phi) is 9.61. The zero-order valence-corrected chi connectivity index (χ0v) is 9.03. The molecule has 1 unspecified atom stereocenters. The van der Waals surface area contributed by atoms with Crippen molar-refractivity contribution in [1.29, 1.82) is 5.26 Å². The van der Waals surface area contributed by atoms with Crippen LogP contribution in [0.3, 0.4) is 0 Å². The van der Waals surface area contributed by atoms with Gasteiger partial charge in [0.1, 0.15) is 6.79 Å². The zero-order chi connectivity index (χ0) is 10.6. The Morgan fingerprint density at radius 1 is 1.43 bits per heavy atom. The third-order valence-electron chi connectivity index (χ3n) is 1.91. The van der Waals surface area contributed by atoms with Crippen LogP contribution in [0.1, 0.15) is 26.2 Å². The molecule has 80 valence electrons. The second kappa shape index (κ2) is 10.2. The summed E-state index contributed by atoms with van der Waals surface area (Å²) in [6, 6.07) is 2.28. The average molecular weight is 197 g/mol. The van der Waals surface area contributed by atoms with Gasteiger partial charge in [-0.25, -0.2) is 0 Å². The minimum atomic E-state index is 0.100. The van der Waals surface area contributed by atoms with E-state index < -0.39 is 0 Å². The van der Waals surface area contributed by atoms with Crippen molar-refractivity contribution in [2.45, 2.75) is 26.2 Å². The van der Waals surface area contributed by atoms with Crippen molar-refractivity contribution in [3.63, 3.8) is 0 Å². The fraction of sp³-hybridized carbons (Fsp3) is 0.727. The third kappa shape index (κ3) is 7.78. The number of rotatable bonds is 8. The molecular formula is C11H19NO2. The molecule has 0 saturated heterocycles. The van der Waals surface area contributed by atoms with E-state index in [0.717, 1.165) is 19.3 Å². The van der Waals surface area contributed by atoms with E-state index in [9.17, 15) is 0 Å². The van der Waals surface area contributed by atoms with Gasteiger partial charge in [-0.1, -0.05) is 12.2 Å². The van der Waals surface area contributed by atoms with Crippen LogP contribution in [0.15, 0.2) is 12.2 Å². The molecule has 0 aliphatic heterocycles. The van der Waals surface area contributed by atoms with Gasteiger partial charge < -0.3 is 9.47 Å². The summed E-state index contributed by atoms with van der Waals surface area (Å²) in [6.45, 7) is 2.90. The molecule has 0 heterocycles. The molecule has 0 N–H and O–H groups in total. The Labute approximate surface area is 86.3 Å². The van der Waals surface area contributed by atoms with E-state index in [-0.39, 0.29) is 5.92 Å². The lowest BCUT2D eigenvalue weighted by atomic mass is 10.0. The van der Waals surface area contributed by atoms with Gasteiger partial charge in [0.25, 0.3) is 0 Å². The van der Waals surface area contributed by atoms with Gasteiger partial charge in [-0.05, 0) is 26.2 Å². The van der Waals surface area contributed by atoms with Gasteiger partial charge in [0.2, 0.25) is 0 Å². The summed E-state index contributed by atoms with van der Waals surface area (Å²) in [5.74, 6) is 0.100. The van der Waals surface area contributed by atoms with Crippen LogP contribution in [0.25, 0.3) is 0 Å². The van der Waals surface area contributed by atoms with Crippen molar-refractivity contribution in [2.75, 3.05) is 20.5 Å². The van der Waals surface area contributed by atoms with Gasteiger partial charge in [0.15, 0.2) is 0 Å². The molecule has 3 heteroatoms. The highest BCUT2D eigenvalue weighted by Crippen LogP contribution is 2.10. The van der Waals surface area contributed by atoms with Crippen LogP contribution in [0, 0.1) is 17.2 Å². The van der Waals surface area contributed by atoms with E-state index in [4.69, 9.17) is 14.7 Å². The number of hydrogen-bond donors (Lipinski definition) is 0. The molecule has 1 atom stereocenters. The Hall–Kier alpha value is -0.850. The molecule has 0 aromatic rings. The summed E-state index contributed by atoms with van der Waals surface area (Å²) in [4.78, 5) is 0. The Balaban J connectivity index is 3.44. The normalized spacial score (nSPS) is 12.9. The first kappa shape index (κ1) is 13.2. The molecule has 3 nitrogen and oxygen atoms in total. The number of methoxy groups -OCH3 is 1. The van der Waals surface area contributed by atoms with Gasteiger partial charge in [-0.2, -0.15) is 5.26 Å². The SMILES string of the molecule is C/C=C\CCC(C#N)CCOCOC. The lowest BCUT2D eigenvalue weighted by molar-refractivity contribution is -0.0332. The highest BCUT2D eigenvalue weighted by atomic mass is 16.7. The van der Waals surface area contributed by atoms with E-state index in [1.165, 1.54) is 0 Å². The van der Waals surface area contributed by atoms with Crippen molar-refractivity contribution in [1.82, 2.24) is 0 Å². The number of hydrogen-bond acceptors (Lipinski definition) is 3. The predicted octanol–water partition coefficient (Wildman–Crippen LogP) is 2.49. The maximum absolute atomic E-state index is 8.82. The predicted molar refractivity (Wildman–Crippen MR) is 55.6 cm³/mol. The van der Waals surface area contributed by atoms with Crippen molar-refractivity contribution in [3.8, 4) is 6.07 Å². The maximum atomic E-state index is 8.82. The van der Waals surface area contributed by atoms with Crippen LogP contribution in [0.2, 0.25) is 0 Å². The molecule has 0 rings (SSSR count). The Morgan fingerprint density at radius 2 is 2.21 bits per heavy atom. The summed E-state index contributed by atoms with van der Waals surface area (Å²) in [7, 11) is 1.59. The molecule has 0 amide bonds. The summed E-state index contributed by atoms with van der Waals surface area (Å²) in [6.07, 6.45) is 6.77. The fourth-order valence-electron chi connectivity index (χ4n) is 1.11. The minimum absolute atomic E-state index is 0.100. The second-order valence-electron chi connectivity index (χ2n) is 3.08. The lowest BCUT2D eigenvalue weighted by Crippen LogP contribution is -2.05. The average Bonchev–Trinajstić information content (AvgIpc) is 2.22. The highest BCUT2D eigenvalue weighted by molar-refractivity contribution is 4.86. The van der Waals surface area contributed by atoms with Gasteiger partial charge in [-0.3, -0.25) is 0 Å². The van der Waals surface area contributed by atoms with E-state index in [2.05, 4.69) is 12.1 Å². The summed E-state index contributed by atoms with van der Waals surface area (Å²) < 4.78 is 9.87. The van der Waals surface area contributed by atoms with E-state index in [0.29, 0.717) is 13.4 Å². The van der Waals surface area contributed by atoms with Crippen molar-refractivity contribution < 1.29 is 9.47 Å². The molecule has 0 aromatic carbocycles. The topological polar surface area (TPSA) is 42.2 Å². The van der Waals surface area contributed by atoms with Crippen LogP contribution in [0.4, 0.5) is 0 Å². The van der Waals surface area contributed by atoms with E-state index in [1.807, 2.05) is 13.0 Å². The van der Waals surface area contributed by atoms with Gasteiger partial charge in [0, 0.05) is 13.0 Å². The molecule has 0 aliphatic rings. The van der Waals surface area contributed by atoms with Crippen molar-refractivity contribution in [2.24, 2.45) is 5.92 Å². The molecule has 0 saturated carbocycles. The second-order valence-corrected chi connectivity index (χ2v) is 3.08. The van der Waals surface area contributed by atoms with Crippen LogP contribution in [-0.2, 0) is 9.47 Å². The molecule has 0 aliphatic carbocycles. The molecule has 0 spiro atoms. The standard InChI is InChI=1S/C11H19NO2/c1-3-4-5-6-11(9-12)7-8-14-10-13-2/h3-4,11H,5-8,10H2,1-2H3/b4-3-. The minimum Gasteiger partial charge on any atom is -0.359 e. The van der Waals surface area contributed by atoms with Gasteiger partial charge in [-0.15, -0.1) is 0 Å². The Bertz CT molecular complexity index is 184. The molecule has 0 aromatic heterocycles. The zero-order valence-electron chi connectivity index (χ0n) is 9.03. The first-order valence-electron chi connectivity index (χ1n) is 4.92. The monoisotopic (exact) mass is 197 g/mol. The van der Waals surface area contributed by atoms with E-state index in [1.54, 1.807) is 7.11 Å². The quantitative estimate of drug-likeness (QED) is 0.341. The van der Waals surface area contributed by atoms with Crippen LogP contribution in [0.5, 0.6) is 0 Å². The number of ether oxygens (including phenoxy) is 2. The first-order valence-corrected chi connectivity index (χ1v) is 4.92. The molecule has 14 heavy (non-hydrogen) atoms. The first-order chi connectivity index (χ1) is 6.85. The molecular weight excluding hydrogens is 178 g/mol. The van der Waals surface area contributed by atoms with Crippen molar-refractivity contribution >= 4 is 0 Å². The number of nitrogens with zero attached hydrogens (tertiary/aromatic N) is 1. The smallest absolute Gasteiger partial charge is 0.146 e. The van der Waals surface area contributed by atoms with Gasteiger partial charge in [0.05, 0.1) is 12.7 Å². The maximum Gasteiger partial charge on any atom is 0.146 e. The van der Waals surface area contributed by atoms with Crippen LogP contribution in [-0.4, -0.2) is 20.5 Å². The molecule has 0 fully saturated rings. The summed E-state index contributed by atoms with van der Waals surface area (Å²) in [5, 5.41) is 8.82. The number of nitriles is 1. The summed E-state index contributed by atoms with van der Waals surface area (Å²) >= 11 is 0. The Morgan fingerprint density at radius 3 is 2.79 bits per heavy atom. The fourth-order valence-corrected chi connectivity index (χ4v) is 1.11. The van der Waals surface area contributed by atoms with Gasteiger partial charge >= 0.3 is 0 Å². The van der Waals surface area contributed by atoms with Crippen LogP contribution < -0.4 is 0 Å². The van der Waals surface area contributed by atoms with Crippen LogP contribution >= 0.6 is 0 Å². The van der Waals surface area contributed by atoms with E-state index >= 15 is 0 Å². The van der Waals surface area contributed by atoms with Crippen molar-refractivity contribution in [3.05, 3.63) is 12.2 Å². The number of allylic oxidation sites excluding steroid dienone is 2. The lowest BCUT2D eigenvalue weighted by Gasteiger charge is -2.07. The molecule has 0 radical (unpaired) electrons. The third-order valence-corrected chi connectivity index (χ3v) is 1.91. The largest absolute Gasteiger partial charge is 0.359 e.